The summed E-state index contributed by atoms with van der Waals surface area (Å²) in [6.07, 6.45) is 3.12. The van der Waals surface area contributed by atoms with E-state index in [1.807, 2.05) is 18.7 Å². The number of hydrogen-bond donors (Lipinski definition) is 2. The van der Waals surface area contributed by atoms with E-state index < -0.39 is 0 Å². The molecule has 1 saturated heterocycles. The van der Waals surface area contributed by atoms with Crippen LogP contribution in [0.3, 0.4) is 0 Å². The van der Waals surface area contributed by atoms with Gasteiger partial charge in [0.05, 0.1) is 0 Å². The van der Waals surface area contributed by atoms with E-state index in [2.05, 4.69) is 62.7 Å². The number of amides is 1. The first-order valence-electron chi connectivity index (χ1n) is 9.93. The van der Waals surface area contributed by atoms with Crippen molar-refractivity contribution in [3.8, 4) is 0 Å². The molecule has 0 radical (unpaired) electrons. The molecule has 1 aliphatic heterocycles. The van der Waals surface area contributed by atoms with E-state index in [1.165, 1.54) is 5.56 Å². The predicted octanol–water partition coefficient (Wildman–Crippen LogP) is 3.44. The summed E-state index contributed by atoms with van der Waals surface area (Å²) < 4.78 is 1.13. The molecule has 150 valence electrons. The van der Waals surface area contributed by atoms with Crippen molar-refractivity contribution in [1.29, 1.82) is 0 Å². The van der Waals surface area contributed by atoms with Crippen molar-refractivity contribution in [3.05, 3.63) is 34.3 Å². The zero-order valence-corrected chi connectivity index (χ0v) is 18.6. The third-order valence-corrected chi connectivity index (χ3v) is 5.60. The molecule has 0 bridgehead atoms. The van der Waals surface area contributed by atoms with Crippen molar-refractivity contribution in [1.82, 2.24) is 15.5 Å². The number of halogens is 1. The highest BCUT2D eigenvalue weighted by Crippen LogP contribution is 2.17. The Morgan fingerprint density at radius 1 is 1.41 bits per heavy atom. The van der Waals surface area contributed by atoms with Gasteiger partial charge in [0.2, 0.25) is 5.91 Å². The van der Waals surface area contributed by atoms with Crippen LogP contribution in [0.4, 0.5) is 0 Å². The van der Waals surface area contributed by atoms with Gasteiger partial charge in [-0.1, -0.05) is 55.3 Å². The van der Waals surface area contributed by atoms with Gasteiger partial charge < -0.3 is 15.5 Å². The van der Waals surface area contributed by atoms with E-state index in [-0.39, 0.29) is 17.9 Å². The molecular weight excluding hydrogens is 404 g/mol. The molecule has 27 heavy (non-hydrogen) atoms. The molecule has 1 aromatic rings. The molecule has 1 aliphatic rings. The molecule has 0 saturated carbocycles. The van der Waals surface area contributed by atoms with Crippen molar-refractivity contribution >= 4 is 27.8 Å². The average Bonchev–Trinajstić information content (AvgIpc) is 3.11. The second-order valence-electron chi connectivity index (χ2n) is 7.63. The number of carbonyl (C=O) groups is 1. The smallest absolute Gasteiger partial charge is 0.225 e. The van der Waals surface area contributed by atoms with Crippen LogP contribution in [-0.4, -0.2) is 49.5 Å². The quantitative estimate of drug-likeness (QED) is 0.508. The lowest BCUT2D eigenvalue weighted by Gasteiger charge is -2.22. The molecule has 1 aromatic carbocycles. The average molecular weight is 437 g/mol. The van der Waals surface area contributed by atoms with Gasteiger partial charge in [0.25, 0.3) is 0 Å². The molecule has 2 unspecified atom stereocenters. The summed E-state index contributed by atoms with van der Waals surface area (Å²) in [6, 6.07) is 8.78. The minimum absolute atomic E-state index is 0.0597. The van der Waals surface area contributed by atoms with E-state index >= 15 is 0 Å². The van der Waals surface area contributed by atoms with Gasteiger partial charge in [0.15, 0.2) is 5.96 Å². The summed E-state index contributed by atoms with van der Waals surface area (Å²) in [4.78, 5) is 18.5. The van der Waals surface area contributed by atoms with Crippen molar-refractivity contribution in [2.45, 2.75) is 46.1 Å². The summed E-state index contributed by atoms with van der Waals surface area (Å²) in [5.74, 6) is 1.67. The molecule has 2 N–H and O–H groups in total. The maximum absolute atomic E-state index is 12.1. The van der Waals surface area contributed by atoms with Crippen LogP contribution in [0, 0.1) is 11.8 Å². The van der Waals surface area contributed by atoms with Crippen LogP contribution in [0.5, 0.6) is 0 Å². The molecule has 1 amide bonds. The van der Waals surface area contributed by atoms with E-state index in [0.29, 0.717) is 5.92 Å². The van der Waals surface area contributed by atoms with Gasteiger partial charge in [0, 0.05) is 43.1 Å². The van der Waals surface area contributed by atoms with Gasteiger partial charge in [0.1, 0.15) is 0 Å². The van der Waals surface area contributed by atoms with Gasteiger partial charge in [-0.3, -0.25) is 9.79 Å². The lowest BCUT2D eigenvalue weighted by molar-refractivity contribution is -0.133. The molecule has 0 aliphatic carbocycles. The molecule has 1 fully saturated rings. The van der Waals surface area contributed by atoms with Crippen LogP contribution >= 0.6 is 15.9 Å². The molecule has 2 atom stereocenters. The molecule has 6 heteroatoms. The molecule has 0 aromatic heterocycles. The Hall–Kier alpha value is -1.56. The summed E-state index contributed by atoms with van der Waals surface area (Å²) >= 11 is 3.55. The number of rotatable bonds is 7. The third kappa shape index (κ3) is 6.83. The number of nitrogens with zero attached hydrogens (tertiary/aromatic N) is 2. The lowest BCUT2D eigenvalue weighted by atomic mass is 9.97. The fourth-order valence-corrected chi connectivity index (χ4v) is 3.88. The van der Waals surface area contributed by atoms with Crippen LogP contribution in [-0.2, 0) is 11.2 Å². The predicted molar refractivity (Wildman–Crippen MR) is 116 cm³/mol. The Bertz CT molecular complexity index is 647. The van der Waals surface area contributed by atoms with Crippen LogP contribution < -0.4 is 10.6 Å². The molecule has 5 nitrogen and oxygen atoms in total. The normalized spacial score (nSPS) is 18.7. The first-order valence-corrected chi connectivity index (χ1v) is 10.7. The van der Waals surface area contributed by atoms with Crippen LogP contribution in [0.15, 0.2) is 33.7 Å². The number of guanidine groups is 1. The first-order chi connectivity index (χ1) is 12.9. The second-order valence-corrected chi connectivity index (χ2v) is 8.55. The largest absolute Gasteiger partial charge is 0.356 e. The number of hydrogen-bond acceptors (Lipinski definition) is 2. The van der Waals surface area contributed by atoms with Crippen molar-refractivity contribution in [2.24, 2.45) is 16.8 Å². The summed E-state index contributed by atoms with van der Waals surface area (Å²) in [5, 5.41) is 6.95. The minimum Gasteiger partial charge on any atom is -0.356 e. The Morgan fingerprint density at radius 2 is 2.19 bits per heavy atom. The number of aliphatic imine (C=N–C) groups is 1. The molecule has 0 spiro atoms. The highest BCUT2D eigenvalue weighted by Gasteiger charge is 2.28. The fourth-order valence-electron chi connectivity index (χ4n) is 3.43. The van der Waals surface area contributed by atoms with Crippen LogP contribution in [0.1, 0.15) is 39.2 Å². The Balaban J connectivity index is 1.81. The summed E-state index contributed by atoms with van der Waals surface area (Å²) in [6.45, 7) is 8.61. The maximum Gasteiger partial charge on any atom is 0.225 e. The monoisotopic (exact) mass is 436 g/mol. The minimum atomic E-state index is 0.0597. The van der Waals surface area contributed by atoms with Gasteiger partial charge in [-0.05, 0) is 36.5 Å². The lowest BCUT2D eigenvalue weighted by Crippen LogP contribution is -2.46. The highest BCUT2D eigenvalue weighted by molar-refractivity contribution is 9.10. The SMILES string of the molecule is CCC(CNC(=NC)NC1CCN(C(=O)C(C)C)C1)Cc1cccc(Br)c1. The number of benzene rings is 1. The van der Waals surface area contributed by atoms with E-state index in [0.717, 1.165) is 49.3 Å². The van der Waals surface area contributed by atoms with Crippen LogP contribution in [0.2, 0.25) is 0 Å². The van der Waals surface area contributed by atoms with E-state index in [4.69, 9.17) is 0 Å². The zero-order chi connectivity index (χ0) is 19.8. The summed E-state index contributed by atoms with van der Waals surface area (Å²) in [7, 11) is 1.80. The third-order valence-electron chi connectivity index (χ3n) is 5.11. The van der Waals surface area contributed by atoms with E-state index in [1.54, 1.807) is 7.05 Å². The Labute approximate surface area is 172 Å². The standard InChI is InChI=1S/C21H33BrN4O/c1-5-16(11-17-7-6-8-18(22)12-17)13-24-21(23-4)25-19-9-10-26(14-19)20(27)15(2)3/h6-8,12,15-16,19H,5,9-11,13-14H2,1-4H3,(H2,23,24,25). The second kappa shape index (κ2) is 10.7. The maximum atomic E-state index is 12.1. The topological polar surface area (TPSA) is 56.7 Å². The van der Waals surface area contributed by atoms with Crippen molar-refractivity contribution in [3.63, 3.8) is 0 Å². The molecule has 2 rings (SSSR count). The van der Waals surface area contributed by atoms with E-state index in [9.17, 15) is 4.79 Å². The highest BCUT2D eigenvalue weighted by atomic mass is 79.9. The first kappa shape index (κ1) is 21.7. The fraction of sp³-hybridized carbons (Fsp3) is 0.619. The Morgan fingerprint density at radius 3 is 2.81 bits per heavy atom. The van der Waals surface area contributed by atoms with Gasteiger partial charge in [-0.25, -0.2) is 0 Å². The number of nitrogens with one attached hydrogen (secondary N) is 2. The molecule has 1 heterocycles. The molecular formula is C21H33BrN4O. The number of likely N-dealkylation sites (tertiary alicyclic amines) is 1. The van der Waals surface area contributed by atoms with Gasteiger partial charge in [-0.15, -0.1) is 0 Å². The van der Waals surface area contributed by atoms with Crippen molar-refractivity contribution in [2.75, 3.05) is 26.7 Å². The number of carbonyl (C=O) groups excluding carboxylic acids is 1. The Kier molecular flexibility index (Phi) is 8.61. The van der Waals surface area contributed by atoms with Crippen molar-refractivity contribution < 1.29 is 4.79 Å². The van der Waals surface area contributed by atoms with Gasteiger partial charge in [-0.2, -0.15) is 0 Å². The summed E-state index contributed by atoms with van der Waals surface area (Å²) in [5.41, 5.74) is 1.35. The van der Waals surface area contributed by atoms with Crippen LogP contribution in [0.25, 0.3) is 0 Å². The van der Waals surface area contributed by atoms with Gasteiger partial charge >= 0.3 is 0 Å². The zero-order valence-electron chi connectivity index (χ0n) is 17.0.